The summed E-state index contributed by atoms with van der Waals surface area (Å²) in [4.78, 5) is 3.97. The summed E-state index contributed by atoms with van der Waals surface area (Å²) in [6.45, 7) is 3.03. The molecular formula is C10H12BrFN2. The predicted octanol–water partition coefficient (Wildman–Crippen LogP) is 3.05. The molecule has 14 heavy (non-hydrogen) atoms. The van der Waals surface area contributed by atoms with E-state index in [1.54, 1.807) is 6.20 Å². The second-order valence-electron chi connectivity index (χ2n) is 3.84. The largest absolute Gasteiger partial charge is 0.367 e. The van der Waals surface area contributed by atoms with E-state index in [2.05, 4.69) is 33.2 Å². The van der Waals surface area contributed by atoms with Crippen molar-refractivity contribution in [2.24, 2.45) is 11.8 Å². The SMILES string of the molecule is CC1CC1CNc1ncc(Br)cc1F. The van der Waals surface area contributed by atoms with Crippen molar-refractivity contribution in [2.75, 3.05) is 11.9 Å². The normalized spacial score (nSPS) is 24.8. The first-order valence-corrected chi connectivity index (χ1v) is 5.51. The second kappa shape index (κ2) is 3.85. The third kappa shape index (κ3) is 2.23. The average molecular weight is 259 g/mol. The molecule has 2 unspecified atom stereocenters. The lowest BCUT2D eigenvalue weighted by molar-refractivity contribution is 0.621. The molecule has 76 valence electrons. The van der Waals surface area contributed by atoms with Crippen LogP contribution in [0.2, 0.25) is 0 Å². The molecule has 1 aliphatic carbocycles. The molecule has 1 N–H and O–H groups in total. The van der Waals surface area contributed by atoms with Crippen molar-refractivity contribution in [3.05, 3.63) is 22.6 Å². The second-order valence-corrected chi connectivity index (χ2v) is 4.75. The molecule has 1 aromatic rings. The van der Waals surface area contributed by atoms with Gasteiger partial charge < -0.3 is 5.32 Å². The molecule has 0 saturated heterocycles. The van der Waals surface area contributed by atoms with Crippen LogP contribution in [0, 0.1) is 17.7 Å². The standard InChI is InChI=1S/C10H12BrFN2/c1-6-2-7(6)4-13-10-9(12)3-8(11)5-14-10/h3,5-7H,2,4H2,1H3,(H,13,14). The Morgan fingerprint density at radius 2 is 2.43 bits per heavy atom. The van der Waals surface area contributed by atoms with Crippen molar-refractivity contribution in [3.63, 3.8) is 0 Å². The minimum Gasteiger partial charge on any atom is -0.367 e. The van der Waals surface area contributed by atoms with Crippen LogP contribution >= 0.6 is 15.9 Å². The Morgan fingerprint density at radius 3 is 3.00 bits per heavy atom. The van der Waals surface area contributed by atoms with Gasteiger partial charge in [0, 0.05) is 17.2 Å². The number of rotatable bonds is 3. The highest BCUT2D eigenvalue weighted by Gasteiger charge is 2.32. The van der Waals surface area contributed by atoms with Crippen molar-refractivity contribution in [2.45, 2.75) is 13.3 Å². The van der Waals surface area contributed by atoms with Crippen molar-refractivity contribution < 1.29 is 4.39 Å². The molecule has 1 fully saturated rings. The molecule has 0 amide bonds. The zero-order valence-electron chi connectivity index (χ0n) is 7.93. The van der Waals surface area contributed by atoms with Gasteiger partial charge in [0.1, 0.15) is 0 Å². The molecule has 1 aromatic heterocycles. The van der Waals surface area contributed by atoms with E-state index in [4.69, 9.17) is 0 Å². The molecule has 2 atom stereocenters. The first-order valence-electron chi connectivity index (χ1n) is 4.71. The van der Waals surface area contributed by atoms with Gasteiger partial charge in [-0.3, -0.25) is 0 Å². The van der Waals surface area contributed by atoms with E-state index in [1.165, 1.54) is 12.5 Å². The van der Waals surface area contributed by atoms with Gasteiger partial charge in [-0.05, 0) is 40.3 Å². The summed E-state index contributed by atoms with van der Waals surface area (Å²) in [6.07, 6.45) is 2.84. The lowest BCUT2D eigenvalue weighted by Crippen LogP contribution is -2.07. The third-order valence-corrected chi connectivity index (χ3v) is 3.05. The molecule has 1 aliphatic rings. The molecule has 0 bridgehead atoms. The van der Waals surface area contributed by atoms with Crippen LogP contribution in [0.5, 0.6) is 0 Å². The molecular weight excluding hydrogens is 247 g/mol. The number of nitrogens with zero attached hydrogens (tertiary/aromatic N) is 1. The van der Waals surface area contributed by atoms with Gasteiger partial charge in [-0.2, -0.15) is 0 Å². The van der Waals surface area contributed by atoms with Gasteiger partial charge in [0.2, 0.25) is 0 Å². The fourth-order valence-electron chi connectivity index (χ4n) is 1.46. The summed E-state index contributed by atoms with van der Waals surface area (Å²) in [6, 6.07) is 1.42. The summed E-state index contributed by atoms with van der Waals surface area (Å²) < 4.78 is 13.9. The molecule has 0 aliphatic heterocycles. The van der Waals surface area contributed by atoms with Gasteiger partial charge in [-0.15, -0.1) is 0 Å². The Hall–Kier alpha value is -0.640. The number of aromatic nitrogens is 1. The topological polar surface area (TPSA) is 24.9 Å². The summed E-state index contributed by atoms with van der Waals surface area (Å²) in [5.41, 5.74) is 0. The number of halogens is 2. The monoisotopic (exact) mass is 258 g/mol. The molecule has 4 heteroatoms. The van der Waals surface area contributed by atoms with E-state index in [0.717, 1.165) is 12.5 Å². The van der Waals surface area contributed by atoms with E-state index in [1.807, 2.05) is 0 Å². The Balaban J connectivity index is 1.95. The number of hydrogen-bond acceptors (Lipinski definition) is 2. The molecule has 0 radical (unpaired) electrons. The Labute approximate surface area is 91.1 Å². The van der Waals surface area contributed by atoms with Crippen molar-refractivity contribution in [3.8, 4) is 0 Å². The highest BCUT2D eigenvalue weighted by molar-refractivity contribution is 9.10. The maximum Gasteiger partial charge on any atom is 0.166 e. The van der Waals surface area contributed by atoms with Crippen LogP contribution in [0.15, 0.2) is 16.7 Å². The van der Waals surface area contributed by atoms with Gasteiger partial charge in [0.15, 0.2) is 11.6 Å². The Bertz CT molecular complexity index is 343. The maximum atomic E-state index is 13.3. The predicted molar refractivity (Wildman–Crippen MR) is 57.7 cm³/mol. The van der Waals surface area contributed by atoms with E-state index < -0.39 is 0 Å². The third-order valence-electron chi connectivity index (χ3n) is 2.62. The minimum atomic E-state index is -0.298. The summed E-state index contributed by atoms with van der Waals surface area (Å²) in [5, 5.41) is 3.03. The number of pyridine rings is 1. The highest BCUT2D eigenvalue weighted by atomic mass is 79.9. The van der Waals surface area contributed by atoms with E-state index in [9.17, 15) is 4.39 Å². The van der Waals surface area contributed by atoms with Gasteiger partial charge in [0.05, 0.1) is 0 Å². The highest BCUT2D eigenvalue weighted by Crippen LogP contribution is 2.37. The zero-order valence-corrected chi connectivity index (χ0v) is 9.51. The molecule has 2 rings (SSSR count). The van der Waals surface area contributed by atoms with Crippen LogP contribution < -0.4 is 5.32 Å². The lowest BCUT2D eigenvalue weighted by atomic mass is 10.3. The Morgan fingerprint density at radius 1 is 1.71 bits per heavy atom. The molecule has 1 saturated carbocycles. The Kier molecular flexibility index (Phi) is 2.72. The summed E-state index contributed by atoms with van der Waals surface area (Å²) in [5.74, 6) is 1.53. The molecule has 0 aromatic carbocycles. The first-order chi connectivity index (χ1) is 6.66. The van der Waals surface area contributed by atoms with Crippen LogP contribution in [0.4, 0.5) is 10.2 Å². The van der Waals surface area contributed by atoms with Gasteiger partial charge in [-0.1, -0.05) is 6.92 Å². The van der Waals surface area contributed by atoms with E-state index >= 15 is 0 Å². The van der Waals surface area contributed by atoms with Crippen molar-refractivity contribution in [1.82, 2.24) is 4.98 Å². The first kappa shape index (κ1) is 9.90. The summed E-state index contributed by atoms with van der Waals surface area (Å²) in [7, 11) is 0. The van der Waals surface area contributed by atoms with Crippen LogP contribution in [-0.2, 0) is 0 Å². The zero-order chi connectivity index (χ0) is 10.1. The van der Waals surface area contributed by atoms with E-state index in [0.29, 0.717) is 16.2 Å². The van der Waals surface area contributed by atoms with Crippen LogP contribution in [0.25, 0.3) is 0 Å². The van der Waals surface area contributed by atoms with Crippen molar-refractivity contribution in [1.29, 1.82) is 0 Å². The van der Waals surface area contributed by atoms with Crippen LogP contribution in [-0.4, -0.2) is 11.5 Å². The van der Waals surface area contributed by atoms with Gasteiger partial charge >= 0.3 is 0 Å². The smallest absolute Gasteiger partial charge is 0.166 e. The van der Waals surface area contributed by atoms with Crippen LogP contribution in [0.1, 0.15) is 13.3 Å². The molecule has 1 heterocycles. The van der Waals surface area contributed by atoms with Crippen molar-refractivity contribution >= 4 is 21.7 Å². The van der Waals surface area contributed by atoms with Gasteiger partial charge in [0.25, 0.3) is 0 Å². The average Bonchev–Trinajstić information content (AvgIpc) is 2.80. The number of nitrogens with one attached hydrogen (secondary N) is 1. The minimum absolute atomic E-state index is 0.298. The maximum absolute atomic E-state index is 13.3. The quantitative estimate of drug-likeness (QED) is 0.902. The molecule has 0 spiro atoms. The molecule has 2 nitrogen and oxygen atoms in total. The number of hydrogen-bond donors (Lipinski definition) is 1. The fraction of sp³-hybridized carbons (Fsp3) is 0.500. The van der Waals surface area contributed by atoms with Crippen LogP contribution in [0.3, 0.4) is 0 Å². The summed E-state index contributed by atoms with van der Waals surface area (Å²) >= 11 is 3.17. The lowest BCUT2D eigenvalue weighted by Gasteiger charge is -2.05. The van der Waals surface area contributed by atoms with E-state index in [-0.39, 0.29) is 5.82 Å². The fourth-order valence-corrected chi connectivity index (χ4v) is 1.76. The van der Waals surface area contributed by atoms with Gasteiger partial charge in [-0.25, -0.2) is 9.37 Å². The number of anilines is 1.